The van der Waals surface area contributed by atoms with Gasteiger partial charge in [0.15, 0.2) is 0 Å². The lowest BCUT2D eigenvalue weighted by atomic mass is 10.1. The van der Waals surface area contributed by atoms with Crippen LogP contribution in [-0.4, -0.2) is 50.9 Å². The summed E-state index contributed by atoms with van der Waals surface area (Å²) in [5.41, 5.74) is 1.90. The van der Waals surface area contributed by atoms with E-state index in [0.29, 0.717) is 10.8 Å². The van der Waals surface area contributed by atoms with E-state index in [9.17, 15) is 18.0 Å². The number of methoxy groups -OCH3 is 1. The highest BCUT2D eigenvalue weighted by atomic mass is 35.5. The molecule has 0 saturated carbocycles. The minimum atomic E-state index is -4.16. The molecule has 1 N–H and O–H groups in total. The van der Waals surface area contributed by atoms with E-state index in [1.54, 1.807) is 68.6 Å². The van der Waals surface area contributed by atoms with Crippen LogP contribution in [-0.2, 0) is 26.2 Å². The Morgan fingerprint density at radius 3 is 2.23 bits per heavy atom. The van der Waals surface area contributed by atoms with Gasteiger partial charge in [-0.05, 0) is 75.2 Å². The molecule has 3 aromatic rings. The number of nitrogens with one attached hydrogen (secondary N) is 1. The van der Waals surface area contributed by atoms with Crippen molar-refractivity contribution in [3.8, 4) is 5.75 Å². The maximum Gasteiger partial charge on any atom is 0.264 e. The van der Waals surface area contributed by atoms with Gasteiger partial charge in [-0.2, -0.15) is 0 Å². The van der Waals surface area contributed by atoms with Gasteiger partial charge in [0.1, 0.15) is 18.3 Å². The van der Waals surface area contributed by atoms with Crippen LogP contribution in [0.25, 0.3) is 0 Å². The highest BCUT2D eigenvalue weighted by molar-refractivity contribution is 7.92. The van der Waals surface area contributed by atoms with E-state index in [4.69, 9.17) is 16.3 Å². The predicted octanol–water partition coefficient (Wildman–Crippen LogP) is 5.18. The first kappa shape index (κ1) is 31.0. The zero-order valence-electron chi connectivity index (χ0n) is 23.4. The van der Waals surface area contributed by atoms with E-state index < -0.39 is 28.5 Å². The fourth-order valence-electron chi connectivity index (χ4n) is 3.97. The number of hydrogen-bond donors (Lipinski definition) is 1. The van der Waals surface area contributed by atoms with E-state index >= 15 is 0 Å². The number of sulfonamides is 1. The Hall–Kier alpha value is -3.56. The van der Waals surface area contributed by atoms with E-state index in [-0.39, 0.29) is 29.1 Å². The fourth-order valence-corrected chi connectivity index (χ4v) is 5.56. The molecule has 0 bridgehead atoms. The second-order valence-electron chi connectivity index (χ2n) is 9.67. The molecule has 0 fully saturated rings. The second kappa shape index (κ2) is 13.7. The monoisotopic (exact) mass is 585 g/mol. The third-order valence-electron chi connectivity index (χ3n) is 6.66. The van der Waals surface area contributed by atoms with Crippen LogP contribution in [0.3, 0.4) is 0 Å². The normalized spacial score (nSPS) is 12.8. The molecule has 214 valence electrons. The number of nitrogens with zero attached hydrogens (tertiary/aromatic N) is 2. The highest BCUT2D eigenvalue weighted by Crippen LogP contribution is 2.27. The molecule has 0 aliphatic rings. The van der Waals surface area contributed by atoms with Crippen molar-refractivity contribution < 1.29 is 22.7 Å². The zero-order valence-corrected chi connectivity index (χ0v) is 25.0. The maximum atomic E-state index is 14.0. The number of carbonyl (C=O) groups is 2. The average molecular weight is 586 g/mol. The maximum absolute atomic E-state index is 14.0. The molecule has 40 heavy (non-hydrogen) atoms. The summed E-state index contributed by atoms with van der Waals surface area (Å²) in [6, 6.07) is 18.9. The predicted molar refractivity (Wildman–Crippen MR) is 158 cm³/mol. The molecule has 10 heteroatoms. The number of rotatable bonds is 12. The van der Waals surface area contributed by atoms with Crippen LogP contribution >= 0.6 is 11.6 Å². The first-order valence-corrected chi connectivity index (χ1v) is 14.9. The van der Waals surface area contributed by atoms with Gasteiger partial charge < -0.3 is 15.0 Å². The standard InChI is InChI=1S/C30H36ClN3O5S/c1-6-22(3)32-30(36)23(4)33(19-24-12-14-27(39-5)15-13-24)29(35)20-34(26-9-7-8-25(31)18-26)40(37,38)28-16-10-21(2)11-17-28/h7-18,22-23H,6,19-20H2,1-5H3,(H,32,36)/t22-,23+/m0/s1. The molecule has 2 atom stereocenters. The molecule has 0 aliphatic carbocycles. The average Bonchev–Trinajstić information content (AvgIpc) is 2.94. The van der Waals surface area contributed by atoms with Crippen molar-refractivity contribution in [2.45, 2.75) is 57.6 Å². The minimum Gasteiger partial charge on any atom is -0.497 e. The second-order valence-corrected chi connectivity index (χ2v) is 12.0. The number of carbonyl (C=O) groups excluding carboxylic acids is 2. The summed E-state index contributed by atoms with van der Waals surface area (Å²) in [5, 5.41) is 3.24. The van der Waals surface area contributed by atoms with E-state index in [1.807, 2.05) is 20.8 Å². The van der Waals surface area contributed by atoms with Crippen LogP contribution in [0.15, 0.2) is 77.7 Å². The van der Waals surface area contributed by atoms with Crippen molar-refractivity contribution in [2.75, 3.05) is 18.0 Å². The summed E-state index contributed by atoms with van der Waals surface area (Å²) < 4.78 is 34.0. The summed E-state index contributed by atoms with van der Waals surface area (Å²) in [5.74, 6) is -0.217. The van der Waals surface area contributed by atoms with Crippen LogP contribution in [0, 0.1) is 6.92 Å². The van der Waals surface area contributed by atoms with Crippen LogP contribution < -0.4 is 14.4 Å². The van der Waals surface area contributed by atoms with Crippen LogP contribution in [0.4, 0.5) is 5.69 Å². The van der Waals surface area contributed by atoms with Crippen molar-refractivity contribution in [1.29, 1.82) is 0 Å². The first-order chi connectivity index (χ1) is 19.0. The van der Waals surface area contributed by atoms with Crippen molar-refractivity contribution >= 4 is 39.1 Å². The molecule has 0 aliphatic heterocycles. The Labute approximate surface area is 241 Å². The largest absolute Gasteiger partial charge is 0.497 e. The Morgan fingerprint density at radius 2 is 1.65 bits per heavy atom. The van der Waals surface area contributed by atoms with Crippen LogP contribution in [0.5, 0.6) is 5.75 Å². The lowest BCUT2D eigenvalue weighted by molar-refractivity contribution is -0.139. The molecule has 0 unspecified atom stereocenters. The molecule has 0 saturated heterocycles. The Kier molecular flexibility index (Phi) is 10.6. The van der Waals surface area contributed by atoms with Gasteiger partial charge in [0.05, 0.1) is 17.7 Å². The molecular weight excluding hydrogens is 550 g/mol. The summed E-state index contributed by atoms with van der Waals surface area (Å²) >= 11 is 6.21. The number of aryl methyl sites for hydroxylation is 1. The van der Waals surface area contributed by atoms with E-state index in [1.165, 1.54) is 23.1 Å². The summed E-state index contributed by atoms with van der Waals surface area (Å²) in [6.07, 6.45) is 0.724. The SMILES string of the molecule is CC[C@H](C)NC(=O)[C@@H](C)N(Cc1ccc(OC)cc1)C(=O)CN(c1cccc(Cl)c1)S(=O)(=O)c1ccc(C)cc1. The van der Waals surface area contributed by atoms with E-state index in [2.05, 4.69) is 5.32 Å². The van der Waals surface area contributed by atoms with Gasteiger partial charge in [0.2, 0.25) is 11.8 Å². The molecule has 2 amide bonds. The van der Waals surface area contributed by atoms with Crippen LogP contribution in [0.1, 0.15) is 38.3 Å². The number of hydrogen-bond acceptors (Lipinski definition) is 5. The first-order valence-electron chi connectivity index (χ1n) is 13.0. The number of halogens is 1. The summed E-state index contributed by atoms with van der Waals surface area (Å²) in [7, 11) is -2.60. The molecule has 3 aromatic carbocycles. The fraction of sp³-hybridized carbons (Fsp3) is 0.333. The third-order valence-corrected chi connectivity index (χ3v) is 8.69. The van der Waals surface area contributed by atoms with E-state index in [0.717, 1.165) is 21.9 Å². The van der Waals surface area contributed by atoms with Crippen molar-refractivity contribution in [1.82, 2.24) is 10.2 Å². The molecule has 0 spiro atoms. The van der Waals surface area contributed by atoms with Crippen molar-refractivity contribution in [3.05, 3.63) is 88.9 Å². The van der Waals surface area contributed by atoms with Crippen LogP contribution in [0.2, 0.25) is 5.02 Å². The molecule has 0 aromatic heterocycles. The lowest BCUT2D eigenvalue weighted by Gasteiger charge is -2.32. The van der Waals surface area contributed by atoms with Gasteiger partial charge in [0.25, 0.3) is 10.0 Å². The van der Waals surface area contributed by atoms with Gasteiger partial charge in [-0.3, -0.25) is 13.9 Å². The van der Waals surface area contributed by atoms with Gasteiger partial charge in [-0.25, -0.2) is 8.42 Å². The molecule has 3 rings (SSSR count). The Bertz CT molecular complexity index is 1410. The Morgan fingerprint density at radius 1 is 1.00 bits per heavy atom. The number of benzene rings is 3. The van der Waals surface area contributed by atoms with Gasteiger partial charge in [-0.1, -0.05) is 54.4 Å². The van der Waals surface area contributed by atoms with Gasteiger partial charge in [-0.15, -0.1) is 0 Å². The summed E-state index contributed by atoms with van der Waals surface area (Å²) in [4.78, 5) is 28.5. The lowest BCUT2D eigenvalue weighted by Crippen LogP contribution is -2.52. The minimum absolute atomic E-state index is 0.0372. The molecule has 0 radical (unpaired) electrons. The molecular formula is C30H36ClN3O5S. The number of amides is 2. The quantitative estimate of drug-likeness (QED) is 0.316. The topological polar surface area (TPSA) is 96.0 Å². The Balaban J connectivity index is 2.02. The summed E-state index contributed by atoms with van der Waals surface area (Å²) in [6.45, 7) is 6.89. The van der Waals surface area contributed by atoms with Crippen molar-refractivity contribution in [3.63, 3.8) is 0 Å². The third kappa shape index (κ3) is 7.76. The molecule has 8 nitrogen and oxygen atoms in total. The van der Waals surface area contributed by atoms with Gasteiger partial charge in [0, 0.05) is 17.6 Å². The molecule has 0 heterocycles. The number of ether oxygens (including phenoxy) is 1. The van der Waals surface area contributed by atoms with Gasteiger partial charge >= 0.3 is 0 Å². The highest BCUT2D eigenvalue weighted by Gasteiger charge is 2.32. The number of anilines is 1. The smallest absolute Gasteiger partial charge is 0.264 e. The zero-order chi connectivity index (χ0) is 29.4. The van der Waals surface area contributed by atoms with Crippen molar-refractivity contribution in [2.24, 2.45) is 0 Å².